The summed E-state index contributed by atoms with van der Waals surface area (Å²) in [5.74, 6) is 0.0496. The maximum Gasteiger partial charge on any atom is 0.234 e. The third-order valence-corrected chi connectivity index (χ3v) is 4.66. The highest BCUT2D eigenvalue weighted by atomic mass is 19.1. The molecule has 1 aliphatic rings. The van der Waals surface area contributed by atoms with Crippen molar-refractivity contribution >= 4 is 11.8 Å². The molecule has 0 aromatic heterocycles. The van der Waals surface area contributed by atoms with E-state index in [1.54, 1.807) is 12.1 Å². The molecule has 1 saturated heterocycles. The maximum absolute atomic E-state index is 13.1. The van der Waals surface area contributed by atoms with Crippen molar-refractivity contribution in [1.82, 2.24) is 15.1 Å². The number of hydrogen-bond acceptors (Lipinski definition) is 3. The van der Waals surface area contributed by atoms with E-state index in [0.29, 0.717) is 32.6 Å². The molecule has 0 spiro atoms. The molecule has 6 heteroatoms. The van der Waals surface area contributed by atoms with Crippen molar-refractivity contribution in [3.8, 4) is 0 Å². The highest BCUT2D eigenvalue weighted by Crippen LogP contribution is 2.21. The zero-order chi connectivity index (χ0) is 19.3. The predicted molar refractivity (Wildman–Crippen MR) is 99.9 cm³/mol. The van der Waals surface area contributed by atoms with E-state index in [1.165, 1.54) is 12.1 Å². The summed E-state index contributed by atoms with van der Waals surface area (Å²) in [5, 5.41) is 2.91. The van der Waals surface area contributed by atoms with E-state index in [4.69, 9.17) is 0 Å². The Hall–Kier alpha value is -1.95. The minimum absolute atomic E-state index is 0.0121. The number of nitrogens with one attached hydrogen (secondary N) is 1. The first-order valence-corrected chi connectivity index (χ1v) is 9.32. The Bertz CT molecular complexity index is 616. The number of carbonyl (C=O) groups is 2. The van der Waals surface area contributed by atoms with E-state index in [0.717, 1.165) is 5.56 Å². The van der Waals surface area contributed by atoms with Gasteiger partial charge in [0.1, 0.15) is 5.82 Å². The van der Waals surface area contributed by atoms with E-state index in [2.05, 4.69) is 24.1 Å². The number of hydrogen-bond donors (Lipinski definition) is 1. The highest BCUT2D eigenvalue weighted by Gasteiger charge is 2.32. The molecule has 26 heavy (non-hydrogen) atoms. The van der Waals surface area contributed by atoms with Gasteiger partial charge < -0.3 is 10.2 Å². The Morgan fingerprint density at radius 1 is 1.23 bits per heavy atom. The van der Waals surface area contributed by atoms with E-state index < -0.39 is 0 Å². The molecule has 1 N–H and O–H groups in total. The number of nitrogens with zero attached hydrogens (tertiary/aromatic N) is 2. The van der Waals surface area contributed by atoms with Gasteiger partial charge in [-0.3, -0.25) is 14.5 Å². The number of rotatable bonds is 6. The summed E-state index contributed by atoms with van der Waals surface area (Å²) in [4.78, 5) is 28.8. The first-order chi connectivity index (χ1) is 12.3. The van der Waals surface area contributed by atoms with Crippen LogP contribution in [0.1, 0.15) is 39.7 Å². The topological polar surface area (TPSA) is 52.7 Å². The summed E-state index contributed by atoms with van der Waals surface area (Å²) in [7, 11) is 0. The zero-order valence-corrected chi connectivity index (χ0v) is 16.2. The standard InChI is InChI=1S/C20H30FN3O2/c1-14(2)18-12-23(13-19(25)22-15(3)4)10-9-20(26)24(18)11-16-5-7-17(21)8-6-16/h5-8,14-15,18H,9-13H2,1-4H3,(H,22,25)/t18-/m1/s1. The molecule has 0 aliphatic carbocycles. The van der Waals surface area contributed by atoms with Crippen LogP contribution in [-0.4, -0.2) is 53.3 Å². The van der Waals surface area contributed by atoms with Crippen molar-refractivity contribution in [1.29, 1.82) is 0 Å². The van der Waals surface area contributed by atoms with Crippen molar-refractivity contribution in [2.24, 2.45) is 5.92 Å². The van der Waals surface area contributed by atoms with Crippen molar-refractivity contribution in [2.45, 2.75) is 52.7 Å². The van der Waals surface area contributed by atoms with Crippen LogP contribution in [0.15, 0.2) is 24.3 Å². The minimum atomic E-state index is -0.279. The molecule has 2 amide bonds. The van der Waals surface area contributed by atoms with Crippen molar-refractivity contribution in [3.05, 3.63) is 35.6 Å². The predicted octanol–water partition coefficient (Wildman–Crippen LogP) is 2.41. The fourth-order valence-corrected chi connectivity index (χ4v) is 3.31. The molecule has 1 heterocycles. The quantitative estimate of drug-likeness (QED) is 0.844. The molecule has 0 saturated carbocycles. The summed E-state index contributed by atoms with van der Waals surface area (Å²) in [6.07, 6.45) is 0.388. The van der Waals surface area contributed by atoms with Crippen LogP contribution in [-0.2, 0) is 16.1 Å². The first-order valence-electron chi connectivity index (χ1n) is 9.32. The van der Waals surface area contributed by atoms with Gasteiger partial charge in [-0.2, -0.15) is 0 Å². The van der Waals surface area contributed by atoms with Crippen LogP contribution < -0.4 is 5.32 Å². The lowest BCUT2D eigenvalue weighted by molar-refractivity contribution is -0.134. The van der Waals surface area contributed by atoms with E-state index in [1.807, 2.05) is 18.7 Å². The summed E-state index contributed by atoms with van der Waals surface area (Å²) >= 11 is 0. The van der Waals surface area contributed by atoms with Gasteiger partial charge in [-0.1, -0.05) is 26.0 Å². The average molecular weight is 363 g/mol. The SMILES string of the molecule is CC(C)NC(=O)CN1CCC(=O)N(Cc2ccc(F)cc2)[C@@H](C(C)C)C1. The summed E-state index contributed by atoms with van der Waals surface area (Å²) < 4.78 is 13.1. The molecule has 0 radical (unpaired) electrons. The van der Waals surface area contributed by atoms with Crippen LogP contribution in [0, 0.1) is 11.7 Å². The molecule has 1 aromatic rings. The molecule has 0 bridgehead atoms. The van der Waals surface area contributed by atoms with Crippen molar-refractivity contribution in [3.63, 3.8) is 0 Å². The minimum Gasteiger partial charge on any atom is -0.353 e. The highest BCUT2D eigenvalue weighted by molar-refractivity contribution is 5.79. The smallest absolute Gasteiger partial charge is 0.234 e. The number of halogens is 1. The second kappa shape index (κ2) is 9.12. The second-order valence-electron chi connectivity index (χ2n) is 7.67. The Kier molecular flexibility index (Phi) is 7.14. The van der Waals surface area contributed by atoms with E-state index >= 15 is 0 Å². The second-order valence-corrected chi connectivity index (χ2v) is 7.67. The number of benzene rings is 1. The fourth-order valence-electron chi connectivity index (χ4n) is 3.31. The summed E-state index contributed by atoms with van der Waals surface area (Å²) in [6.45, 7) is 10.1. The average Bonchev–Trinajstić information content (AvgIpc) is 2.69. The van der Waals surface area contributed by atoms with Gasteiger partial charge in [0.25, 0.3) is 0 Å². The Balaban J connectivity index is 2.11. The Labute approximate surface area is 155 Å². The maximum atomic E-state index is 13.1. The molecular formula is C20H30FN3O2. The molecule has 1 aliphatic heterocycles. The lowest BCUT2D eigenvalue weighted by Crippen LogP contribution is -2.48. The van der Waals surface area contributed by atoms with Crippen LogP contribution in [0.3, 0.4) is 0 Å². The van der Waals surface area contributed by atoms with Gasteiger partial charge in [-0.05, 0) is 37.5 Å². The molecule has 1 atom stereocenters. The van der Waals surface area contributed by atoms with Crippen LogP contribution in [0.5, 0.6) is 0 Å². The molecule has 1 aromatic carbocycles. The number of amides is 2. The number of carbonyl (C=O) groups excluding carboxylic acids is 2. The molecular weight excluding hydrogens is 333 g/mol. The van der Waals surface area contributed by atoms with Crippen LogP contribution in [0.4, 0.5) is 4.39 Å². The Morgan fingerprint density at radius 2 is 1.88 bits per heavy atom. The summed E-state index contributed by atoms with van der Waals surface area (Å²) in [5.41, 5.74) is 0.913. The van der Waals surface area contributed by atoms with Crippen LogP contribution >= 0.6 is 0 Å². The van der Waals surface area contributed by atoms with Gasteiger partial charge in [0, 0.05) is 38.1 Å². The molecule has 1 fully saturated rings. The van der Waals surface area contributed by atoms with Crippen LogP contribution in [0.2, 0.25) is 0 Å². The normalized spacial score (nSPS) is 19.1. The lowest BCUT2D eigenvalue weighted by atomic mass is 10.0. The van der Waals surface area contributed by atoms with Crippen molar-refractivity contribution in [2.75, 3.05) is 19.6 Å². The molecule has 144 valence electrons. The lowest BCUT2D eigenvalue weighted by Gasteiger charge is -2.34. The third-order valence-electron chi connectivity index (χ3n) is 4.66. The molecule has 5 nitrogen and oxygen atoms in total. The Morgan fingerprint density at radius 3 is 2.46 bits per heavy atom. The van der Waals surface area contributed by atoms with Crippen molar-refractivity contribution < 1.29 is 14.0 Å². The third kappa shape index (κ3) is 5.80. The fraction of sp³-hybridized carbons (Fsp3) is 0.600. The van der Waals surface area contributed by atoms with Gasteiger partial charge >= 0.3 is 0 Å². The van der Waals surface area contributed by atoms with E-state index in [9.17, 15) is 14.0 Å². The molecule has 0 unspecified atom stereocenters. The first kappa shape index (κ1) is 20.4. The summed E-state index contributed by atoms with van der Waals surface area (Å²) in [6, 6.07) is 6.40. The van der Waals surface area contributed by atoms with Gasteiger partial charge in [0.2, 0.25) is 11.8 Å². The zero-order valence-electron chi connectivity index (χ0n) is 16.2. The van der Waals surface area contributed by atoms with Gasteiger partial charge in [0.15, 0.2) is 0 Å². The van der Waals surface area contributed by atoms with Gasteiger partial charge in [0.05, 0.1) is 6.54 Å². The van der Waals surface area contributed by atoms with Gasteiger partial charge in [-0.25, -0.2) is 4.39 Å². The molecule has 2 rings (SSSR count). The monoisotopic (exact) mass is 363 g/mol. The largest absolute Gasteiger partial charge is 0.353 e. The van der Waals surface area contributed by atoms with Gasteiger partial charge in [-0.15, -0.1) is 0 Å². The van der Waals surface area contributed by atoms with E-state index in [-0.39, 0.29) is 35.6 Å². The van der Waals surface area contributed by atoms with Crippen LogP contribution in [0.25, 0.3) is 0 Å².